The zero-order valence-corrected chi connectivity index (χ0v) is 11.7. The van der Waals surface area contributed by atoms with Crippen LogP contribution in [0.3, 0.4) is 0 Å². The number of amides is 1. The Morgan fingerprint density at radius 2 is 2.21 bits per heavy atom. The Kier molecular flexibility index (Phi) is 5.98. The van der Waals surface area contributed by atoms with Crippen molar-refractivity contribution in [2.75, 3.05) is 26.4 Å². The zero-order chi connectivity index (χ0) is 14.3. The molecule has 1 heterocycles. The second-order valence-electron chi connectivity index (χ2n) is 5.27. The molecule has 0 aromatic carbocycles. The Morgan fingerprint density at radius 3 is 2.79 bits per heavy atom. The van der Waals surface area contributed by atoms with Crippen molar-refractivity contribution in [3.63, 3.8) is 0 Å². The van der Waals surface area contributed by atoms with Crippen molar-refractivity contribution >= 4 is 5.91 Å². The minimum absolute atomic E-state index is 0.0148. The van der Waals surface area contributed by atoms with Gasteiger partial charge in [0, 0.05) is 24.6 Å². The molecule has 108 valence electrons. The van der Waals surface area contributed by atoms with Gasteiger partial charge in [0.1, 0.15) is 5.76 Å². The molecule has 1 aromatic heterocycles. The number of nitrogens with one attached hydrogen (secondary N) is 1. The van der Waals surface area contributed by atoms with Crippen LogP contribution < -0.4 is 5.32 Å². The molecular formula is C13H22N2O4. The van der Waals surface area contributed by atoms with Gasteiger partial charge < -0.3 is 19.7 Å². The summed E-state index contributed by atoms with van der Waals surface area (Å²) in [5, 5.41) is 15.0. The molecule has 1 amide bonds. The van der Waals surface area contributed by atoms with Crippen LogP contribution in [0.1, 0.15) is 43.4 Å². The number of hydrogen-bond donors (Lipinski definition) is 2. The maximum absolute atomic E-state index is 11.8. The summed E-state index contributed by atoms with van der Waals surface area (Å²) >= 11 is 0. The Balaban J connectivity index is 2.32. The van der Waals surface area contributed by atoms with Gasteiger partial charge in [0.25, 0.3) is 5.91 Å². The predicted octanol–water partition coefficient (Wildman–Crippen LogP) is 1.10. The standard InChI is InChI=1S/C13H22N2O4/c1-13(2,3)11-9-10(15-19-11)12(17)14-5-4-7-18-8-6-16/h9,16H,4-8H2,1-3H3,(H,14,17). The molecule has 0 saturated carbocycles. The Labute approximate surface area is 113 Å². The molecule has 0 atom stereocenters. The number of nitrogens with zero attached hydrogens (tertiary/aromatic N) is 1. The number of ether oxygens (including phenoxy) is 1. The van der Waals surface area contributed by atoms with Gasteiger partial charge in [0.05, 0.1) is 13.2 Å². The van der Waals surface area contributed by atoms with Crippen molar-refractivity contribution in [3.05, 3.63) is 17.5 Å². The summed E-state index contributed by atoms with van der Waals surface area (Å²) in [5.41, 5.74) is 0.130. The third kappa shape index (κ3) is 5.40. The Bertz CT molecular complexity index is 396. The topological polar surface area (TPSA) is 84.6 Å². The highest BCUT2D eigenvalue weighted by molar-refractivity contribution is 5.92. The van der Waals surface area contributed by atoms with E-state index in [0.717, 1.165) is 0 Å². The molecule has 0 aliphatic carbocycles. The molecular weight excluding hydrogens is 248 g/mol. The van der Waals surface area contributed by atoms with E-state index in [4.69, 9.17) is 14.4 Å². The van der Waals surface area contributed by atoms with E-state index in [2.05, 4.69) is 10.5 Å². The van der Waals surface area contributed by atoms with E-state index in [9.17, 15) is 4.79 Å². The summed E-state index contributed by atoms with van der Waals surface area (Å²) in [6.07, 6.45) is 0.690. The molecule has 19 heavy (non-hydrogen) atoms. The van der Waals surface area contributed by atoms with Crippen LogP contribution in [0, 0.1) is 0 Å². The monoisotopic (exact) mass is 270 g/mol. The second-order valence-corrected chi connectivity index (χ2v) is 5.27. The van der Waals surface area contributed by atoms with E-state index in [1.165, 1.54) is 0 Å². The number of carbonyl (C=O) groups is 1. The fraction of sp³-hybridized carbons (Fsp3) is 0.692. The molecule has 0 spiro atoms. The van der Waals surface area contributed by atoms with Crippen molar-refractivity contribution in [2.45, 2.75) is 32.6 Å². The lowest BCUT2D eigenvalue weighted by Crippen LogP contribution is -2.25. The van der Waals surface area contributed by atoms with Gasteiger partial charge in [-0.3, -0.25) is 4.79 Å². The highest BCUT2D eigenvalue weighted by Crippen LogP contribution is 2.22. The van der Waals surface area contributed by atoms with Crippen molar-refractivity contribution < 1.29 is 19.2 Å². The number of aliphatic hydroxyl groups is 1. The molecule has 0 bridgehead atoms. The van der Waals surface area contributed by atoms with Crippen LogP contribution in [0.4, 0.5) is 0 Å². The molecule has 1 aromatic rings. The molecule has 2 N–H and O–H groups in total. The van der Waals surface area contributed by atoms with Gasteiger partial charge in [0.15, 0.2) is 5.69 Å². The lowest BCUT2D eigenvalue weighted by Gasteiger charge is -2.12. The fourth-order valence-corrected chi connectivity index (χ4v) is 1.37. The van der Waals surface area contributed by atoms with Crippen molar-refractivity contribution in [3.8, 4) is 0 Å². The first kappa shape index (κ1) is 15.7. The minimum Gasteiger partial charge on any atom is -0.394 e. The SMILES string of the molecule is CC(C)(C)c1cc(C(=O)NCCCOCCO)no1. The maximum atomic E-state index is 11.8. The average molecular weight is 270 g/mol. The van der Waals surface area contributed by atoms with Crippen LogP contribution >= 0.6 is 0 Å². The first-order valence-corrected chi connectivity index (χ1v) is 6.39. The number of carbonyl (C=O) groups excluding carboxylic acids is 1. The lowest BCUT2D eigenvalue weighted by molar-refractivity contribution is 0.0864. The number of hydrogen-bond acceptors (Lipinski definition) is 5. The first-order chi connectivity index (χ1) is 8.95. The molecule has 0 radical (unpaired) electrons. The largest absolute Gasteiger partial charge is 0.394 e. The molecule has 6 heteroatoms. The third-order valence-electron chi connectivity index (χ3n) is 2.47. The van der Waals surface area contributed by atoms with Crippen LogP contribution in [0.15, 0.2) is 10.6 Å². The van der Waals surface area contributed by atoms with E-state index in [1.807, 2.05) is 20.8 Å². The van der Waals surface area contributed by atoms with Gasteiger partial charge in [-0.25, -0.2) is 0 Å². The molecule has 1 rings (SSSR count). The van der Waals surface area contributed by atoms with E-state index < -0.39 is 0 Å². The zero-order valence-electron chi connectivity index (χ0n) is 11.7. The lowest BCUT2D eigenvalue weighted by atomic mass is 9.93. The normalized spacial score (nSPS) is 11.6. The van der Waals surface area contributed by atoms with Gasteiger partial charge in [-0.1, -0.05) is 25.9 Å². The average Bonchev–Trinajstić information content (AvgIpc) is 2.82. The molecule has 0 aliphatic heterocycles. The predicted molar refractivity (Wildman–Crippen MR) is 70.1 cm³/mol. The van der Waals surface area contributed by atoms with Crippen LogP contribution in [0.25, 0.3) is 0 Å². The molecule has 0 fully saturated rings. The maximum Gasteiger partial charge on any atom is 0.273 e. The second kappa shape index (κ2) is 7.25. The first-order valence-electron chi connectivity index (χ1n) is 6.39. The summed E-state index contributed by atoms with van der Waals surface area (Å²) in [6.45, 7) is 7.33. The smallest absolute Gasteiger partial charge is 0.273 e. The summed E-state index contributed by atoms with van der Waals surface area (Å²) in [7, 11) is 0. The van der Waals surface area contributed by atoms with Gasteiger partial charge in [-0.05, 0) is 6.42 Å². The number of aromatic nitrogens is 1. The quantitative estimate of drug-likeness (QED) is 0.725. The third-order valence-corrected chi connectivity index (χ3v) is 2.47. The number of rotatable bonds is 7. The van der Waals surface area contributed by atoms with Gasteiger partial charge in [-0.15, -0.1) is 0 Å². The van der Waals surface area contributed by atoms with Gasteiger partial charge in [0.2, 0.25) is 0 Å². The van der Waals surface area contributed by atoms with Crippen molar-refractivity contribution in [2.24, 2.45) is 0 Å². The fourth-order valence-electron chi connectivity index (χ4n) is 1.37. The van der Waals surface area contributed by atoms with E-state index in [1.54, 1.807) is 6.07 Å². The highest BCUT2D eigenvalue weighted by atomic mass is 16.5. The highest BCUT2D eigenvalue weighted by Gasteiger charge is 2.21. The molecule has 0 aliphatic rings. The summed E-state index contributed by atoms with van der Waals surface area (Å²) in [6, 6.07) is 1.66. The Hall–Kier alpha value is -1.40. The van der Waals surface area contributed by atoms with Gasteiger partial charge in [-0.2, -0.15) is 0 Å². The van der Waals surface area contributed by atoms with Crippen LogP contribution in [-0.2, 0) is 10.2 Å². The van der Waals surface area contributed by atoms with E-state index in [-0.39, 0.29) is 17.9 Å². The van der Waals surface area contributed by atoms with Crippen molar-refractivity contribution in [1.29, 1.82) is 0 Å². The van der Waals surface area contributed by atoms with E-state index >= 15 is 0 Å². The number of aliphatic hydroxyl groups excluding tert-OH is 1. The van der Waals surface area contributed by atoms with Crippen molar-refractivity contribution in [1.82, 2.24) is 10.5 Å². The molecule has 0 unspecified atom stereocenters. The summed E-state index contributed by atoms with van der Waals surface area (Å²) in [4.78, 5) is 11.8. The van der Waals surface area contributed by atoms with Crippen LogP contribution in [0.5, 0.6) is 0 Å². The minimum atomic E-state index is -0.249. The molecule has 0 saturated heterocycles. The van der Waals surface area contributed by atoms with Crippen LogP contribution in [-0.4, -0.2) is 42.5 Å². The summed E-state index contributed by atoms with van der Waals surface area (Å²) < 4.78 is 10.2. The van der Waals surface area contributed by atoms with E-state index in [0.29, 0.717) is 37.6 Å². The summed E-state index contributed by atoms with van der Waals surface area (Å²) in [5.74, 6) is 0.435. The van der Waals surface area contributed by atoms with Gasteiger partial charge >= 0.3 is 0 Å². The Morgan fingerprint density at radius 1 is 1.47 bits per heavy atom. The van der Waals surface area contributed by atoms with Crippen LogP contribution in [0.2, 0.25) is 0 Å². The molecule has 6 nitrogen and oxygen atoms in total.